The molecule has 15 heavy (non-hydrogen) atoms. The van der Waals surface area contributed by atoms with Gasteiger partial charge in [0.15, 0.2) is 0 Å². The van der Waals surface area contributed by atoms with Gasteiger partial charge in [-0.05, 0) is 18.1 Å². The van der Waals surface area contributed by atoms with Gasteiger partial charge in [-0.2, -0.15) is 0 Å². The Balaban J connectivity index is 2.56. The van der Waals surface area contributed by atoms with Gasteiger partial charge in [0, 0.05) is 12.4 Å². The van der Waals surface area contributed by atoms with Gasteiger partial charge in [0.25, 0.3) is 0 Å². The monoisotopic (exact) mass is 202 g/mol. The maximum absolute atomic E-state index is 5.43. The quantitative estimate of drug-likeness (QED) is 0.830. The third-order valence-electron chi connectivity index (χ3n) is 2.43. The average Bonchev–Trinajstić information content (AvgIpc) is 2.81. The highest BCUT2D eigenvalue weighted by molar-refractivity contribution is 5.66. The molecule has 0 aliphatic rings. The normalized spacial score (nSPS) is 10.3. The van der Waals surface area contributed by atoms with E-state index in [1.165, 1.54) is 5.56 Å². The van der Waals surface area contributed by atoms with Crippen molar-refractivity contribution in [2.45, 2.75) is 13.3 Å². The standard InChI is InChI=1S/C12H14N2O/c1-3-9-5-4-6-10(11(9)15-2)12-13-7-8-14-12/h4-8H,3H2,1-2H3,(H,13,14). The summed E-state index contributed by atoms with van der Waals surface area (Å²) in [5.41, 5.74) is 2.22. The molecule has 1 aromatic heterocycles. The second kappa shape index (κ2) is 4.17. The third kappa shape index (κ3) is 1.73. The van der Waals surface area contributed by atoms with Crippen LogP contribution in [0.2, 0.25) is 0 Å². The molecule has 3 nitrogen and oxygen atoms in total. The van der Waals surface area contributed by atoms with E-state index in [-0.39, 0.29) is 0 Å². The van der Waals surface area contributed by atoms with Crippen molar-refractivity contribution in [3.63, 3.8) is 0 Å². The van der Waals surface area contributed by atoms with Crippen LogP contribution in [-0.4, -0.2) is 17.1 Å². The lowest BCUT2D eigenvalue weighted by Crippen LogP contribution is -1.94. The fraction of sp³-hybridized carbons (Fsp3) is 0.250. The molecule has 0 aliphatic carbocycles. The van der Waals surface area contributed by atoms with Crippen molar-refractivity contribution in [1.82, 2.24) is 9.97 Å². The van der Waals surface area contributed by atoms with E-state index in [0.717, 1.165) is 23.6 Å². The predicted molar refractivity (Wildman–Crippen MR) is 60.0 cm³/mol. The van der Waals surface area contributed by atoms with Gasteiger partial charge in [-0.25, -0.2) is 4.98 Å². The van der Waals surface area contributed by atoms with Gasteiger partial charge in [-0.3, -0.25) is 0 Å². The van der Waals surface area contributed by atoms with Crippen molar-refractivity contribution in [1.29, 1.82) is 0 Å². The van der Waals surface area contributed by atoms with E-state index >= 15 is 0 Å². The van der Waals surface area contributed by atoms with Crippen LogP contribution in [-0.2, 0) is 6.42 Å². The molecule has 3 heteroatoms. The van der Waals surface area contributed by atoms with Gasteiger partial charge >= 0.3 is 0 Å². The van der Waals surface area contributed by atoms with Crippen LogP contribution in [0.15, 0.2) is 30.6 Å². The van der Waals surface area contributed by atoms with E-state index in [4.69, 9.17) is 4.74 Å². The Morgan fingerprint density at radius 1 is 1.40 bits per heavy atom. The Hall–Kier alpha value is -1.77. The lowest BCUT2D eigenvalue weighted by Gasteiger charge is -2.10. The second-order valence-electron chi connectivity index (χ2n) is 3.29. The van der Waals surface area contributed by atoms with Crippen molar-refractivity contribution >= 4 is 0 Å². The number of aromatic amines is 1. The molecule has 0 radical (unpaired) electrons. The van der Waals surface area contributed by atoms with Crippen molar-refractivity contribution < 1.29 is 4.74 Å². The van der Waals surface area contributed by atoms with Gasteiger partial charge in [0.2, 0.25) is 0 Å². The number of H-pyrrole nitrogens is 1. The summed E-state index contributed by atoms with van der Waals surface area (Å²) < 4.78 is 5.43. The fourth-order valence-corrected chi connectivity index (χ4v) is 1.70. The van der Waals surface area contributed by atoms with Crippen LogP contribution >= 0.6 is 0 Å². The first-order valence-corrected chi connectivity index (χ1v) is 5.02. The summed E-state index contributed by atoms with van der Waals surface area (Å²) in [7, 11) is 1.70. The number of rotatable bonds is 3. The van der Waals surface area contributed by atoms with Crippen LogP contribution in [0, 0.1) is 0 Å². The zero-order valence-corrected chi connectivity index (χ0v) is 8.95. The second-order valence-corrected chi connectivity index (χ2v) is 3.29. The van der Waals surface area contributed by atoms with E-state index < -0.39 is 0 Å². The minimum atomic E-state index is 0.849. The zero-order chi connectivity index (χ0) is 10.7. The predicted octanol–water partition coefficient (Wildman–Crippen LogP) is 2.65. The Labute approximate surface area is 89.1 Å². The lowest BCUT2D eigenvalue weighted by atomic mass is 10.1. The Morgan fingerprint density at radius 3 is 2.87 bits per heavy atom. The molecule has 0 aliphatic heterocycles. The minimum Gasteiger partial charge on any atom is -0.496 e. The highest BCUT2D eigenvalue weighted by Crippen LogP contribution is 2.30. The van der Waals surface area contributed by atoms with E-state index in [1.54, 1.807) is 13.3 Å². The lowest BCUT2D eigenvalue weighted by molar-refractivity contribution is 0.411. The van der Waals surface area contributed by atoms with Gasteiger partial charge in [0.05, 0.1) is 12.7 Å². The van der Waals surface area contributed by atoms with E-state index in [1.807, 2.05) is 18.3 Å². The highest BCUT2D eigenvalue weighted by atomic mass is 16.5. The number of nitrogens with zero attached hydrogens (tertiary/aromatic N) is 1. The van der Waals surface area contributed by atoms with Gasteiger partial charge in [-0.1, -0.05) is 19.1 Å². The molecular formula is C12H14N2O. The van der Waals surface area contributed by atoms with Crippen LogP contribution in [0.3, 0.4) is 0 Å². The molecule has 0 saturated heterocycles. The maximum atomic E-state index is 5.43. The largest absolute Gasteiger partial charge is 0.496 e. The highest BCUT2D eigenvalue weighted by Gasteiger charge is 2.10. The third-order valence-corrected chi connectivity index (χ3v) is 2.43. The number of hydrogen-bond acceptors (Lipinski definition) is 2. The van der Waals surface area contributed by atoms with Crippen molar-refractivity contribution in [2.75, 3.05) is 7.11 Å². The number of methoxy groups -OCH3 is 1. The van der Waals surface area contributed by atoms with Crippen molar-refractivity contribution in [3.05, 3.63) is 36.2 Å². The molecule has 0 bridgehead atoms. The summed E-state index contributed by atoms with van der Waals surface area (Å²) in [6.07, 6.45) is 4.51. The summed E-state index contributed by atoms with van der Waals surface area (Å²) in [6.45, 7) is 2.11. The Morgan fingerprint density at radius 2 is 2.27 bits per heavy atom. The molecule has 0 amide bonds. The molecule has 2 rings (SSSR count). The van der Waals surface area contributed by atoms with E-state index in [0.29, 0.717) is 0 Å². The number of ether oxygens (including phenoxy) is 1. The topological polar surface area (TPSA) is 37.9 Å². The molecule has 1 N–H and O–H groups in total. The number of para-hydroxylation sites is 1. The number of imidazole rings is 1. The summed E-state index contributed by atoms with van der Waals surface area (Å²) in [5, 5.41) is 0. The average molecular weight is 202 g/mol. The SMILES string of the molecule is CCc1cccc(-c2ncc[nH]2)c1OC. The maximum Gasteiger partial charge on any atom is 0.141 e. The molecule has 0 fully saturated rings. The molecule has 0 unspecified atom stereocenters. The van der Waals surface area contributed by atoms with Crippen LogP contribution in [0.5, 0.6) is 5.75 Å². The number of aromatic nitrogens is 2. The van der Waals surface area contributed by atoms with Crippen LogP contribution in [0.4, 0.5) is 0 Å². The number of aryl methyl sites for hydroxylation is 1. The molecular weight excluding hydrogens is 188 g/mol. The first-order valence-electron chi connectivity index (χ1n) is 5.02. The van der Waals surface area contributed by atoms with Gasteiger partial charge in [0.1, 0.15) is 11.6 Å². The minimum absolute atomic E-state index is 0.849. The number of nitrogens with one attached hydrogen (secondary N) is 1. The Bertz CT molecular complexity index is 435. The number of benzene rings is 1. The summed E-state index contributed by atoms with van der Waals surface area (Å²) in [6, 6.07) is 6.11. The fourth-order valence-electron chi connectivity index (χ4n) is 1.70. The van der Waals surface area contributed by atoms with Crippen LogP contribution in [0.1, 0.15) is 12.5 Å². The molecule has 1 heterocycles. The van der Waals surface area contributed by atoms with Gasteiger partial charge < -0.3 is 9.72 Å². The summed E-state index contributed by atoms with van der Waals surface area (Å²) in [4.78, 5) is 7.32. The molecule has 1 aromatic carbocycles. The van der Waals surface area contributed by atoms with Crippen LogP contribution in [0.25, 0.3) is 11.4 Å². The van der Waals surface area contributed by atoms with Crippen LogP contribution < -0.4 is 4.74 Å². The Kier molecular flexibility index (Phi) is 2.72. The molecule has 78 valence electrons. The molecule has 0 spiro atoms. The summed E-state index contributed by atoms with van der Waals surface area (Å²) in [5.74, 6) is 1.76. The first-order chi connectivity index (χ1) is 7.36. The zero-order valence-electron chi connectivity index (χ0n) is 8.95. The molecule has 0 saturated carbocycles. The number of hydrogen-bond donors (Lipinski definition) is 1. The smallest absolute Gasteiger partial charge is 0.141 e. The molecule has 0 atom stereocenters. The van der Waals surface area contributed by atoms with E-state index in [9.17, 15) is 0 Å². The summed E-state index contributed by atoms with van der Waals surface area (Å²) >= 11 is 0. The van der Waals surface area contributed by atoms with Crippen molar-refractivity contribution in [2.24, 2.45) is 0 Å². The van der Waals surface area contributed by atoms with Crippen molar-refractivity contribution in [3.8, 4) is 17.1 Å². The van der Waals surface area contributed by atoms with Gasteiger partial charge in [-0.15, -0.1) is 0 Å². The van der Waals surface area contributed by atoms with E-state index in [2.05, 4.69) is 23.0 Å². The first kappa shape index (κ1) is 9.77. The molecule has 2 aromatic rings.